The van der Waals surface area contributed by atoms with Crippen molar-refractivity contribution >= 4 is 28.4 Å². The summed E-state index contributed by atoms with van der Waals surface area (Å²) in [4.78, 5) is 30.7. The zero-order valence-corrected chi connectivity index (χ0v) is 15.9. The highest BCUT2D eigenvalue weighted by Crippen LogP contribution is 2.40. The Labute approximate surface area is 172 Å². The molecule has 0 spiro atoms. The summed E-state index contributed by atoms with van der Waals surface area (Å²) < 4.78 is 13.1. The van der Waals surface area contributed by atoms with Crippen molar-refractivity contribution in [3.05, 3.63) is 102 Å². The van der Waals surface area contributed by atoms with Crippen LogP contribution in [-0.4, -0.2) is 28.2 Å². The lowest BCUT2D eigenvalue weighted by atomic mass is 9.97. The molecule has 0 unspecified atom stereocenters. The van der Waals surface area contributed by atoms with Crippen LogP contribution in [0.15, 0.2) is 79.0 Å². The highest BCUT2D eigenvalue weighted by molar-refractivity contribution is 6.04. The van der Waals surface area contributed by atoms with Gasteiger partial charge in [0.15, 0.2) is 0 Å². The van der Waals surface area contributed by atoms with Crippen molar-refractivity contribution in [1.29, 1.82) is 0 Å². The van der Waals surface area contributed by atoms with Gasteiger partial charge in [0.2, 0.25) is 5.91 Å². The van der Waals surface area contributed by atoms with Crippen molar-refractivity contribution in [2.24, 2.45) is 0 Å². The number of benzene rings is 3. The highest BCUT2D eigenvalue weighted by Gasteiger charge is 2.39. The summed E-state index contributed by atoms with van der Waals surface area (Å²) in [5.41, 5.74) is 3.87. The standard InChI is InChI=1S/C24H18FN3O2/c25-15-9-11-16(12-10-15)27-22(29)14-28-23(18-6-1-2-7-19(18)24(28)30)20-13-26-21-8-4-3-5-17(20)21/h1-13,23,26H,14H2,(H,27,29)/t23-/m0/s1. The van der Waals surface area contributed by atoms with Crippen LogP contribution < -0.4 is 5.32 Å². The summed E-state index contributed by atoms with van der Waals surface area (Å²) in [6.07, 6.45) is 1.90. The maximum Gasteiger partial charge on any atom is 0.255 e. The number of para-hydroxylation sites is 1. The second kappa shape index (κ2) is 7.15. The number of fused-ring (bicyclic) bond motifs is 2. The van der Waals surface area contributed by atoms with Crippen LogP contribution in [0.3, 0.4) is 0 Å². The number of halogens is 1. The first-order valence-electron chi connectivity index (χ1n) is 9.63. The first-order chi connectivity index (χ1) is 14.6. The molecule has 0 aliphatic carbocycles. The Kier molecular flexibility index (Phi) is 4.32. The van der Waals surface area contributed by atoms with E-state index in [4.69, 9.17) is 0 Å². The zero-order valence-electron chi connectivity index (χ0n) is 15.9. The number of anilines is 1. The first kappa shape index (κ1) is 18.1. The molecule has 0 fully saturated rings. The molecule has 1 aliphatic rings. The predicted molar refractivity (Wildman–Crippen MR) is 113 cm³/mol. The van der Waals surface area contributed by atoms with E-state index in [1.807, 2.05) is 48.7 Å². The molecule has 3 aromatic carbocycles. The quantitative estimate of drug-likeness (QED) is 0.531. The van der Waals surface area contributed by atoms with E-state index in [0.29, 0.717) is 11.3 Å². The van der Waals surface area contributed by atoms with Crippen LogP contribution in [0.2, 0.25) is 0 Å². The summed E-state index contributed by atoms with van der Waals surface area (Å²) in [6, 6.07) is 20.5. The van der Waals surface area contributed by atoms with Crippen LogP contribution in [0, 0.1) is 5.82 Å². The van der Waals surface area contributed by atoms with Gasteiger partial charge in [0.25, 0.3) is 5.91 Å². The van der Waals surface area contributed by atoms with Crippen LogP contribution in [0.1, 0.15) is 27.5 Å². The molecular formula is C24H18FN3O2. The fourth-order valence-electron chi connectivity index (χ4n) is 4.08. The normalized spacial score (nSPS) is 15.4. The third-order valence-electron chi connectivity index (χ3n) is 5.42. The van der Waals surface area contributed by atoms with Gasteiger partial charge < -0.3 is 15.2 Å². The number of carbonyl (C=O) groups excluding carboxylic acids is 2. The molecule has 30 heavy (non-hydrogen) atoms. The molecule has 1 aliphatic heterocycles. The molecule has 0 saturated heterocycles. The van der Waals surface area contributed by atoms with E-state index in [-0.39, 0.29) is 30.2 Å². The smallest absolute Gasteiger partial charge is 0.255 e. The minimum Gasteiger partial charge on any atom is -0.361 e. The summed E-state index contributed by atoms with van der Waals surface area (Å²) in [5.74, 6) is -0.902. The number of hydrogen-bond donors (Lipinski definition) is 2. The van der Waals surface area contributed by atoms with Gasteiger partial charge in [-0.1, -0.05) is 36.4 Å². The van der Waals surface area contributed by atoms with E-state index in [9.17, 15) is 14.0 Å². The molecule has 2 amide bonds. The molecule has 2 heterocycles. The van der Waals surface area contributed by atoms with E-state index in [1.54, 1.807) is 11.0 Å². The number of aromatic amines is 1. The SMILES string of the molecule is O=C(CN1C(=O)c2ccccc2[C@H]1c1c[nH]c2ccccc12)Nc1ccc(F)cc1. The average molecular weight is 399 g/mol. The Bertz CT molecular complexity index is 1260. The van der Waals surface area contributed by atoms with Gasteiger partial charge in [-0.05, 0) is 42.0 Å². The third-order valence-corrected chi connectivity index (χ3v) is 5.42. The summed E-state index contributed by atoms with van der Waals surface area (Å²) in [7, 11) is 0. The van der Waals surface area contributed by atoms with Crippen molar-refractivity contribution in [3.8, 4) is 0 Å². The molecule has 1 atom stereocenters. The van der Waals surface area contributed by atoms with Crippen molar-refractivity contribution in [1.82, 2.24) is 9.88 Å². The van der Waals surface area contributed by atoms with Crippen LogP contribution in [-0.2, 0) is 4.79 Å². The third kappa shape index (κ3) is 3.03. The maximum absolute atomic E-state index is 13.2. The minimum absolute atomic E-state index is 0.116. The van der Waals surface area contributed by atoms with Crippen LogP contribution in [0.4, 0.5) is 10.1 Å². The number of hydrogen-bond acceptors (Lipinski definition) is 2. The number of rotatable bonds is 4. The first-order valence-corrected chi connectivity index (χ1v) is 9.63. The van der Waals surface area contributed by atoms with Crippen molar-refractivity contribution in [2.45, 2.75) is 6.04 Å². The Balaban J connectivity index is 1.50. The van der Waals surface area contributed by atoms with E-state index < -0.39 is 0 Å². The molecule has 6 heteroatoms. The molecule has 0 bridgehead atoms. The van der Waals surface area contributed by atoms with E-state index >= 15 is 0 Å². The molecule has 148 valence electrons. The fourth-order valence-corrected chi connectivity index (χ4v) is 4.08. The maximum atomic E-state index is 13.2. The summed E-state index contributed by atoms with van der Waals surface area (Å²) in [6.45, 7) is -0.116. The molecule has 0 saturated carbocycles. The average Bonchev–Trinajstić information content (AvgIpc) is 3.29. The molecule has 2 N–H and O–H groups in total. The lowest BCUT2D eigenvalue weighted by Gasteiger charge is -2.25. The highest BCUT2D eigenvalue weighted by atomic mass is 19.1. The Hall–Kier alpha value is -3.93. The summed E-state index contributed by atoms with van der Waals surface area (Å²) >= 11 is 0. The number of nitrogens with zero attached hydrogens (tertiary/aromatic N) is 1. The van der Waals surface area contributed by atoms with Gasteiger partial charge in [-0.3, -0.25) is 9.59 Å². The fraction of sp³-hybridized carbons (Fsp3) is 0.0833. The topological polar surface area (TPSA) is 65.2 Å². The Morgan fingerprint density at radius 2 is 1.70 bits per heavy atom. The van der Waals surface area contributed by atoms with Gasteiger partial charge in [0, 0.05) is 33.9 Å². The van der Waals surface area contributed by atoms with E-state index in [1.165, 1.54) is 24.3 Å². The second-order valence-electron chi connectivity index (χ2n) is 7.27. The van der Waals surface area contributed by atoms with Gasteiger partial charge in [-0.2, -0.15) is 0 Å². The minimum atomic E-state index is -0.377. The molecule has 5 rings (SSSR count). The largest absolute Gasteiger partial charge is 0.361 e. The predicted octanol–water partition coefficient (Wildman–Crippen LogP) is 4.49. The van der Waals surface area contributed by atoms with E-state index in [2.05, 4.69) is 10.3 Å². The lowest BCUT2D eigenvalue weighted by Crippen LogP contribution is -2.36. The van der Waals surface area contributed by atoms with Gasteiger partial charge in [-0.25, -0.2) is 4.39 Å². The Morgan fingerprint density at radius 1 is 0.967 bits per heavy atom. The zero-order chi connectivity index (χ0) is 20.7. The second-order valence-corrected chi connectivity index (χ2v) is 7.27. The van der Waals surface area contributed by atoms with Gasteiger partial charge in [0.05, 0.1) is 6.04 Å². The monoisotopic (exact) mass is 399 g/mol. The summed E-state index contributed by atoms with van der Waals surface area (Å²) in [5, 5.41) is 3.75. The van der Waals surface area contributed by atoms with E-state index in [0.717, 1.165) is 22.0 Å². The van der Waals surface area contributed by atoms with Crippen molar-refractivity contribution in [2.75, 3.05) is 11.9 Å². The number of nitrogens with one attached hydrogen (secondary N) is 2. The lowest BCUT2D eigenvalue weighted by molar-refractivity contribution is -0.117. The molecule has 5 nitrogen and oxygen atoms in total. The number of H-pyrrole nitrogens is 1. The molecular weight excluding hydrogens is 381 g/mol. The van der Waals surface area contributed by atoms with Crippen molar-refractivity contribution in [3.63, 3.8) is 0 Å². The van der Waals surface area contributed by atoms with Crippen LogP contribution >= 0.6 is 0 Å². The number of amides is 2. The molecule has 4 aromatic rings. The van der Waals surface area contributed by atoms with Gasteiger partial charge >= 0.3 is 0 Å². The number of carbonyl (C=O) groups is 2. The van der Waals surface area contributed by atoms with Gasteiger partial charge in [0.1, 0.15) is 12.4 Å². The Morgan fingerprint density at radius 3 is 2.53 bits per heavy atom. The number of aromatic nitrogens is 1. The van der Waals surface area contributed by atoms with Crippen LogP contribution in [0.5, 0.6) is 0 Å². The molecule has 0 radical (unpaired) electrons. The van der Waals surface area contributed by atoms with Crippen LogP contribution in [0.25, 0.3) is 10.9 Å². The van der Waals surface area contributed by atoms with Gasteiger partial charge in [-0.15, -0.1) is 0 Å². The molecule has 1 aromatic heterocycles. The van der Waals surface area contributed by atoms with Crippen molar-refractivity contribution < 1.29 is 14.0 Å².